The highest BCUT2D eigenvalue weighted by Gasteiger charge is 2.29. The summed E-state index contributed by atoms with van der Waals surface area (Å²) >= 11 is 6.13. The molecule has 2 aromatic carbocycles. The molecule has 1 aliphatic heterocycles. The van der Waals surface area contributed by atoms with E-state index in [1.807, 2.05) is 36.4 Å². The van der Waals surface area contributed by atoms with Crippen LogP contribution in [0.25, 0.3) is 5.57 Å². The van der Waals surface area contributed by atoms with Gasteiger partial charge in [-0.05, 0) is 72.2 Å². The summed E-state index contributed by atoms with van der Waals surface area (Å²) in [6.07, 6.45) is 3.53. The number of hydrogen-bond acceptors (Lipinski definition) is 3. The SMILES string of the molecule is CC1(C)CCC(c2ccc(Cl)cc2)=C(CN2CCN(c3ccc(C([NH3+])=O)cc3)CC2)C1. The van der Waals surface area contributed by atoms with E-state index in [1.165, 1.54) is 23.2 Å². The Morgan fingerprint density at radius 1 is 1.00 bits per heavy atom. The number of hydrogen-bond donors (Lipinski definition) is 1. The maximum atomic E-state index is 11.4. The summed E-state index contributed by atoms with van der Waals surface area (Å²) in [5, 5.41) is 0.797. The molecule has 0 unspecified atom stereocenters. The molecular weight excluding hydrogens is 406 g/mol. The van der Waals surface area contributed by atoms with E-state index < -0.39 is 0 Å². The Kier molecular flexibility index (Phi) is 6.52. The van der Waals surface area contributed by atoms with Crippen molar-refractivity contribution in [1.29, 1.82) is 0 Å². The molecular formula is C26H33ClN3O+. The van der Waals surface area contributed by atoms with Crippen molar-refractivity contribution in [2.45, 2.75) is 33.1 Å². The molecule has 5 heteroatoms. The Bertz CT molecular complexity index is 955. The van der Waals surface area contributed by atoms with Gasteiger partial charge in [0.25, 0.3) is 0 Å². The Balaban J connectivity index is 1.45. The molecule has 0 atom stereocenters. The van der Waals surface area contributed by atoms with Crippen molar-refractivity contribution in [3.8, 4) is 0 Å². The van der Waals surface area contributed by atoms with Crippen molar-refractivity contribution in [2.24, 2.45) is 5.41 Å². The second kappa shape index (κ2) is 9.15. The fourth-order valence-electron chi connectivity index (χ4n) is 4.86. The number of allylic oxidation sites excluding steroid dienone is 1. The molecule has 1 heterocycles. The maximum Gasteiger partial charge on any atom is 0.340 e. The smallest absolute Gasteiger partial charge is 0.340 e. The minimum absolute atomic E-state index is 0.128. The predicted octanol–water partition coefficient (Wildman–Crippen LogP) is 4.51. The molecule has 0 aromatic heterocycles. The number of benzene rings is 2. The van der Waals surface area contributed by atoms with Crippen LogP contribution in [0.5, 0.6) is 0 Å². The highest BCUT2D eigenvalue weighted by Crippen LogP contribution is 2.42. The van der Waals surface area contributed by atoms with Gasteiger partial charge in [-0.15, -0.1) is 0 Å². The third-order valence-corrected chi connectivity index (χ3v) is 6.96. The Morgan fingerprint density at radius 3 is 2.26 bits per heavy atom. The summed E-state index contributed by atoms with van der Waals surface area (Å²) in [4.78, 5) is 16.4. The van der Waals surface area contributed by atoms with Crippen molar-refractivity contribution in [3.05, 3.63) is 70.3 Å². The average molecular weight is 439 g/mol. The molecule has 31 heavy (non-hydrogen) atoms. The number of nitrogens with zero attached hydrogens (tertiary/aromatic N) is 2. The molecule has 2 aliphatic rings. The number of quaternary nitrogens is 1. The fraction of sp³-hybridized carbons (Fsp3) is 0.423. The number of rotatable bonds is 5. The first-order chi connectivity index (χ1) is 14.8. The molecule has 0 spiro atoms. The van der Waals surface area contributed by atoms with Crippen molar-refractivity contribution in [2.75, 3.05) is 37.6 Å². The third-order valence-electron chi connectivity index (χ3n) is 6.70. The molecule has 0 bridgehead atoms. The van der Waals surface area contributed by atoms with Crippen LogP contribution in [0, 0.1) is 5.41 Å². The lowest BCUT2D eigenvalue weighted by atomic mass is 9.73. The van der Waals surface area contributed by atoms with Crippen LogP contribution in [0.1, 0.15) is 49.0 Å². The molecule has 1 fully saturated rings. The van der Waals surface area contributed by atoms with E-state index in [-0.39, 0.29) is 5.91 Å². The zero-order valence-electron chi connectivity index (χ0n) is 18.7. The summed E-state index contributed by atoms with van der Waals surface area (Å²) in [6.45, 7) is 9.94. The van der Waals surface area contributed by atoms with Crippen LogP contribution in [-0.2, 0) is 0 Å². The standard InChI is InChI=1S/C26H32ClN3O/c1-26(2)12-11-24(19-3-7-22(27)8-4-19)21(17-26)18-29-13-15-30(16-14-29)23-9-5-20(6-10-23)25(28)31/h3-10H,11-18H2,1-2H3,(H2,28,31)/p+1. The van der Waals surface area contributed by atoms with Crippen molar-refractivity contribution in [1.82, 2.24) is 4.90 Å². The number of halogens is 1. The molecule has 1 aliphatic carbocycles. The van der Waals surface area contributed by atoms with Gasteiger partial charge in [0.1, 0.15) is 0 Å². The number of carbonyl (C=O) groups is 1. The van der Waals surface area contributed by atoms with Crippen LogP contribution in [0.2, 0.25) is 5.02 Å². The van der Waals surface area contributed by atoms with Gasteiger partial charge in [0, 0.05) is 43.4 Å². The quantitative estimate of drug-likeness (QED) is 0.747. The van der Waals surface area contributed by atoms with Crippen LogP contribution in [-0.4, -0.2) is 43.5 Å². The van der Waals surface area contributed by atoms with Crippen LogP contribution >= 0.6 is 11.6 Å². The fourth-order valence-corrected chi connectivity index (χ4v) is 4.98. The summed E-state index contributed by atoms with van der Waals surface area (Å²) in [6, 6.07) is 16.2. The zero-order valence-corrected chi connectivity index (χ0v) is 19.4. The van der Waals surface area contributed by atoms with Gasteiger partial charge < -0.3 is 4.90 Å². The number of piperazine rings is 1. The first kappa shape index (κ1) is 22.1. The van der Waals surface area contributed by atoms with Gasteiger partial charge in [0.15, 0.2) is 0 Å². The van der Waals surface area contributed by atoms with Crippen LogP contribution < -0.4 is 10.6 Å². The van der Waals surface area contributed by atoms with Crippen LogP contribution in [0.3, 0.4) is 0 Å². The van der Waals surface area contributed by atoms with Crippen LogP contribution in [0.4, 0.5) is 5.69 Å². The average Bonchev–Trinajstić information content (AvgIpc) is 2.75. The topological polar surface area (TPSA) is 51.2 Å². The lowest BCUT2D eigenvalue weighted by Gasteiger charge is -2.39. The van der Waals surface area contributed by atoms with Gasteiger partial charge in [-0.1, -0.05) is 43.2 Å². The molecule has 2 aromatic rings. The van der Waals surface area contributed by atoms with E-state index in [4.69, 9.17) is 11.6 Å². The summed E-state index contributed by atoms with van der Waals surface area (Å²) in [7, 11) is 0. The van der Waals surface area contributed by atoms with Crippen LogP contribution in [0.15, 0.2) is 54.1 Å². The lowest BCUT2D eigenvalue weighted by molar-refractivity contribution is -0.255. The lowest BCUT2D eigenvalue weighted by Crippen LogP contribution is -2.56. The molecule has 0 saturated carbocycles. The summed E-state index contributed by atoms with van der Waals surface area (Å²) < 4.78 is 0. The first-order valence-electron chi connectivity index (χ1n) is 11.2. The first-order valence-corrected chi connectivity index (χ1v) is 11.6. The molecule has 4 nitrogen and oxygen atoms in total. The number of amides is 1. The normalized spacial score (nSPS) is 19.5. The molecule has 3 N–H and O–H groups in total. The molecule has 164 valence electrons. The molecule has 0 radical (unpaired) electrons. The second-order valence-corrected chi connectivity index (χ2v) is 10.1. The minimum Gasteiger partial charge on any atom is -0.369 e. The van der Waals surface area contributed by atoms with E-state index in [2.05, 4.69) is 41.5 Å². The van der Waals surface area contributed by atoms with Gasteiger partial charge >= 0.3 is 5.91 Å². The third kappa shape index (κ3) is 5.38. The van der Waals surface area contributed by atoms with Gasteiger partial charge in [0.2, 0.25) is 0 Å². The van der Waals surface area contributed by atoms with E-state index in [9.17, 15) is 4.79 Å². The predicted molar refractivity (Wildman–Crippen MR) is 128 cm³/mol. The molecule has 1 amide bonds. The highest BCUT2D eigenvalue weighted by atomic mass is 35.5. The van der Waals surface area contributed by atoms with Gasteiger partial charge in [-0.25, -0.2) is 4.79 Å². The Morgan fingerprint density at radius 2 is 1.65 bits per heavy atom. The Hall–Kier alpha value is -2.14. The van der Waals surface area contributed by atoms with Crippen molar-refractivity contribution < 1.29 is 10.5 Å². The highest BCUT2D eigenvalue weighted by molar-refractivity contribution is 6.30. The summed E-state index contributed by atoms with van der Waals surface area (Å²) in [5.74, 6) is -0.128. The molecule has 4 rings (SSSR count). The van der Waals surface area contributed by atoms with E-state index in [1.54, 1.807) is 5.57 Å². The van der Waals surface area contributed by atoms with E-state index in [0.29, 0.717) is 11.0 Å². The number of anilines is 1. The monoisotopic (exact) mass is 438 g/mol. The van der Waals surface area contributed by atoms with Gasteiger partial charge in [-0.2, -0.15) is 0 Å². The van der Waals surface area contributed by atoms with Gasteiger partial charge in [0.05, 0.1) is 5.56 Å². The zero-order chi connectivity index (χ0) is 22.0. The van der Waals surface area contributed by atoms with E-state index >= 15 is 0 Å². The maximum absolute atomic E-state index is 11.4. The Labute approximate surface area is 190 Å². The molecule has 1 saturated heterocycles. The van der Waals surface area contributed by atoms with E-state index in [0.717, 1.165) is 50.6 Å². The van der Waals surface area contributed by atoms with Crippen molar-refractivity contribution in [3.63, 3.8) is 0 Å². The number of carbonyl (C=O) groups excluding carboxylic acids is 1. The second-order valence-electron chi connectivity index (χ2n) is 9.66. The van der Waals surface area contributed by atoms with Gasteiger partial charge in [-0.3, -0.25) is 10.6 Å². The summed E-state index contributed by atoms with van der Waals surface area (Å²) in [5.41, 5.74) is 10.1. The van der Waals surface area contributed by atoms with Crippen molar-refractivity contribution >= 4 is 28.8 Å². The largest absolute Gasteiger partial charge is 0.369 e. The minimum atomic E-state index is -0.128.